The van der Waals surface area contributed by atoms with E-state index < -0.39 is 10.2 Å². The molecule has 7 heteroatoms. The van der Waals surface area contributed by atoms with Crippen LogP contribution in [0.2, 0.25) is 0 Å². The predicted molar refractivity (Wildman–Crippen MR) is 75.1 cm³/mol. The number of aryl methyl sites for hydroxylation is 1. The fraction of sp³-hybridized carbons (Fsp3) is 0.750. The highest BCUT2D eigenvalue weighted by atomic mass is 32.2. The molecular weight excluding hydrogens is 264 g/mol. The van der Waals surface area contributed by atoms with Gasteiger partial charge in [0.1, 0.15) is 0 Å². The number of rotatable bonds is 5. The zero-order chi connectivity index (χ0) is 13.9. The van der Waals surface area contributed by atoms with Gasteiger partial charge in [-0.3, -0.25) is 9.82 Å². The van der Waals surface area contributed by atoms with E-state index in [1.807, 2.05) is 6.92 Å². The van der Waals surface area contributed by atoms with E-state index in [1.54, 1.807) is 6.07 Å². The van der Waals surface area contributed by atoms with Gasteiger partial charge in [-0.25, -0.2) is 0 Å². The van der Waals surface area contributed by atoms with Gasteiger partial charge in [0.15, 0.2) is 5.82 Å². The van der Waals surface area contributed by atoms with E-state index in [1.165, 1.54) is 4.31 Å². The zero-order valence-electron chi connectivity index (χ0n) is 11.5. The standard InChI is InChI=1S/C12H22N4O2S/c1-3-6-11-9-12(14-13-11)15-19(17,18)16-8-5-4-7-10(16)2/h9-10H,3-8H2,1-2H3,(H2,13,14,15). The topological polar surface area (TPSA) is 78.1 Å². The van der Waals surface area contributed by atoms with Crippen LogP contribution in [0, 0.1) is 0 Å². The number of nitrogens with zero attached hydrogens (tertiary/aromatic N) is 2. The molecule has 2 N–H and O–H groups in total. The van der Waals surface area contributed by atoms with Gasteiger partial charge >= 0.3 is 10.2 Å². The first-order chi connectivity index (χ1) is 9.03. The minimum absolute atomic E-state index is 0.0558. The molecule has 2 rings (SSSR count). The number of piperidine rings is 1. The van der Waals surface area contributed by atoms with E-state index >= 15 is 0 Å². The summed E-state index contributed by atoms with van der Waals surface area (Å²) in [5.41, 5.74) is 0.951. The Hall–Kier alpha value is -1.08. The van der Waals surface area contributed by atoms with Gasteiger partial charge in [0.05, 0.1) is 0 Å². The number of H-pyrrole nitrogens is 1. The second-order valence-corrected chi connectivity index (χ2v) is 6.71. The first-order valence-electron chi connectivity index (χ1n) is 6.87. The molecule has 0 aliphatic carbocycles. The molecule has 1 aromatic heterocycles. The Balaban J connectivity index is 2.07. The summed E-state index contributed by atoms with van der Waals surface area (Å²) >= 11 is 0. The molecule has 1 aliphatic heterocycles. The van der Waals surface area contributed by atoms with Crippen molar-refractivity contribution in [2.75, 3.05) is 11.3 Å². The highest BCUT2D eigenvalue weighted by Crippen LogP contribution is 2.21. The number of aromatic nitrogens is 2. The summed E-state index contributed by atoms with van der Waals surface area (Å²) in [5.74, 6) is 0.376. The molecule has 2 heterocycles. The monoisotopic (exact) mass is 286 g/mol. The van der Waals surface area contributed by atoms with Gasteiger partial charge in [-0.05, 0) is 26.2 Å². The Morgan fingerprint density at radius 1 is 1.53 bits per heavy atom. The van der Waals surface area contributed by atoms with E-state index in [2.05, 4.69) is 21.8 Å². The Labute approximate surface area is 114 Å². The second kappa shape index (κ2) is 5.92. The minimum Gasteiger partial charge on any atom is -0.280 e. The fourth-order valence-corrected chi connectivity index (χ4v) is 3.87. The lowest BCUT2D eigenvalue weighted by molar-refractivity contribution is 0.270. The molecule has 1 aliphatic rings. The molecule has 1 aromatic rings. The van der Waals surface area contributed by atoms with Crippen LogP contribution in [0.1, 0.15) is 45.2 Å². The van der Waals surface area contributed by atoms with Gasteiger partial charge < -0.3 is 0 Å². The van der Waals surface area contributed by atoms with E-state index in [0.717, 1.165) is 37.8 Å². The van der Waals surface area contributed by atoms with Crippen LogP contribution in [0.15, 0.2) is 6.07 Å². The first-order valence-corrected chi connectivity index (χ1v) is 8.31. The smallest absolute Gasteiger partial charge is 0.280 e. The summed E-state index contributed by atoms with van der Waals surface area (Å²) in [6.45, 7) is 4.61. The number of hydrogen-bond donors (Lipinski definition) is 2. The number of anilines is 1. The fourth-order valence-electron chi connectivity index (χ4n) is 2.43. The van der Waals surface area contributed by atoms with Crippen molar-refractivity contribution in [2.24, 2.45) is 0 Å². The molecule has 1 atom stereocenters. The normalized spacial score (nSPS) is 21.5. The summed E-state index contributed by atoms with van der Waals surface area (Å²) in [6, 6.07) is 1.82. The van der Waals surface area contributed by atoms with Crippen LogP contribution < -0.4 is 4.72 Å². The van der Waals surface area contributed by atoms with Crippen molar-refractivity contribution in [1.82, 2.24) is 14.5 Å². The van der Waals surface area contributed by atoms with Crippen molar-refractivity contribution in [3.8, 4) is 0 Å². The maximum atomic E-state index is 12.3. The van der Waals surface area contributed by atoms with E-state index in [0.29, 0.717) is 12.4 Å². The van der Waals surface area contributed by atoms with Gasteiger partial charge in [-0.15, -0.1) is 0 Å². The van der Waals surface area contributed by atoms with E-state index in [-0.39, 0.29) is 6.04 Å². The molecule has 1 unspecified atom stereocenters. The molecule has 0 spiro atoms. The first kappa shape index (κ1) is 14.3. The van der Waals surface area contributed by atoms with Crippen molar-refractivity contribution in [3.05, 3.63) is 11.8 Å². The van der Waals surface area contributed by atoms with Gasteiger partial charge in [0, 0.05) is 24.3 Å². The van der Waals surface area contributed by atoms with Crippen LogP contribution >= 0.6 is 0 Å². The number of nitrogens with one attached hydrogen (secondary N) is 2. The van der Waals surface area contributed by atoms with Gasteiger partial charge in [-0.2, -0.15) is 17.8 Å². The molecule has 0 amide bonds. The number of aromatic amines is 1. The average Bonchev–Trinajstić information content (AvgIpc) is 2.76. The molecule has 1 fully saturated rings. The van der Waals surface area contributed by atoms with Crippen LogP contribution in [0.4, 0.5) is 5.82 Å². The summed E-state index contributed by atoms with van der Waals surface area (Å²) in [5, 5.41) is 6.85. The molecule has 19 heavy (non-hydrogen) atoms. The molecule has 1 saturated heterocycles. The lowest BCUT2D eigenvalue weighted by Gasteiger charge is -2.31. The highest BCUT2D eigenvalue weighted by molar-refractivity contribution is 7.90. The molecule has 6 nitrogen and oxygen atoms in total. The Kier molecular flexibility index (Phi) is 4.46. The lowest BCUT2D eigenvalue weighted by Crippen LogP contribution is -2.44. The summed E-state index contributed by atoms with van der Waals surface area (Å²) in [4.78, 5) is 0. The summed E-state index contributed by atoms with van der Waals surface area (Å²) < 4.78 is 28.7. The third-order valence-corrected chi connectivity index (χ3v) is 5.06. The maximum Gasteiger partial charge on any atom is 0.303 e. The summed E-state index contributed by atoms with van der Waals surface area (Å²) in [6.07, 6.45) is 4.80. The van der Waals surface area contributed by atoms with Gasteiger partial charge in [0.25, 0.3) is 0 Å². The largest absolute Gasteiger partial charge is 0.303 e. The van der Waals surface area contributed by atoms with Crippen LogP contribution in [0.5, 0.6) is 0 Å². The molecule has 0 aromatic carbocycles. The van der Waals surface area contributed by atoms with Gasteiger partial charge in [-0.1, -0.05) is 19.8 Å². The summed E-state index contributed by atoms with van der Waals surface area (Å²) in [7, 11) is -3.49. The minimum atomic E-state index is -3.49. The quantitative estimate of drug-likeness (QED) is 0.867. The molecular formula is C12H22N4O2S. The molecule has 0 radical (unpaired) electrons. The Morgan fingerprint density at radius 2 is 2.32 bits per heavy atom. The van der Waals surface area contributed by atoms with Crippen LogP contribution in [0.3, 0.4) is 0 Å². The van der Waals surface area contributed by atoms with E-state index in [9.17, 15) is 8.42 Å². The lowest BCUT2D eigenvalue weighted by atomic mass is 10.1. The Morgan fingerprint density at radius 3 is 3.00 bits per heavy atom. The van der Waals surface area contributed by atoms with E-state index in [4.69, 9.17) is 0 Å². The van der Waals surface area contributed by atoms with Crippen LogP contribution in [-0.2, 0) is 16.6 Å². The van der Waals surface area contributed by atoms with Crippen molar-refractivity contribution in [3.63, 3.8) is 0 Å². The van der Waals surface area contributed by atoms with Crippen molar-refractivity contribution >= 4 is 16.0 Å². The maximum absolute atomic E-state index is 12.3. The molecule has 0 bridgehead atoms. The SMILES string of the molecule is CCCc1cc(NS(=O)(=O)N2CCCCC2C)n[nH]1. The average molecular weight is 286 g/mol. The molecule has 108 valence electrons. The van der Waals surface area contributed by atoms with Gasteiger partial charge in [0.2, 0.25) is 0 Å². The van der Waals surface area contributed by atoms with Crippen LogP contribution in [-0.4, -0.2) is 35.5 Å². The zero-order valence-corrected chi connectivity index (χ0v) is 12.3. The third-order valence-electron chi connectivity index (χ3n) is 3.43. The van der Waals surface area contributed by atoms with Crippen molar-refractivity contribution in [1.29, 1.82) is 0 Å². The number of hydrogen-bond acceptors (Lipinski definition) is 3. The molecule has 0 saturated carbocycles. The Bertz CT molecular complexity index is 512. The van der Waals surface area contributed by atoms with Crippen molar-refractivity contribution < 1.29 is 8.42 Å². The van der Waals surface area contributed by atoms with Crippen LogP contribution in [0.25, 0.3) is 0 Å². The van der Waals surface area contributed by atoms with Crippen molar-refractivity contribution in [2.45, 2.75) is 52.0 Å². The second-order valence-electron chi connectivity index (χ2n) is 5.09. The third kappa shape index (κ3) is 3.48. The predicted octanol–water partition coefficient (Wildman–Crippen LogP) is 1.89. The highest BCUT2D eigenvalue weighted by Gasteiger charge is 2.29.